The molecule has 0 spiro atoms. The number of fused-ring (bicyclic) bond motifs is 1. The van der Waals surface area contributed by atoms with Crippen molar-refractivity contribution in [2.45, 2.75) is 6.92 Å². The molecule has 2 rings (SSSR count). The van der Waals surface area contributed by atoms with Gasteiger partial charge in [0.25, 0.3) is 0 Å². The summed E-state index contributed by atoms with van der Waals surface area (Å²) in [6, 6.07) is 8.04. The van der Waals surface area contributed by atoms with Crippen molar-refractivity contribution in [3.8, 4) is 0 Å². The van der Waals surface area contributed by atoms with E-state index in [9.17, 15) is 0 Å². The Bertz CT molecular complexity index is 387. The van der Waals surface area contributed by atoms with Gasteiger partial charge in [0.1, 0.15) is 0 Å². The zero-order valence-corrected chi connectivity index (χ0v) is 6.39. The van der Waals surface area contributed by atoms with Crippen LogP contribution >= 0.6 is 0 Å². The standard InChI is InChI=1S/C9H10N2/c1-6-9(10)7-4-2-3-5-8(7)11-6/h2-5,11H,10H2,1H3. The van der Waals surface area contributed by atoms with Gasteiger partial charge in [-0.05, 0) is 13.0 Å². The molecule has 0 bridgehead atoms. The molecule has 2 aromatic rings. The fourth-order valence-electron chi connectivity index (χ4n) is 1.30. The molecule has 0 atom stereocenters. The molecule has 2 nitrogen and oxygen atoms in total. The minimum Gasteiger partial charge on any atom is -0.397 e. The van der Waals surface area contributed by atoms with Crippen LogP contribution in [0.3, 0.4) is 0 Å². The molecule has 0 saturated carbocycles. The molecular formula is C9H10N2. The van der Waals surface area contributed by atoms with E-state index in [1.807, 2.05) is 31.2 Å². The van der Waals surface area contributed by atoms with Crippen LogP contribution in [-0.4, -0.2) is 4.98 Å². The summed E-state index contributed by atoms with van der Waals surface area (Å²) in [5, 5.41) is 1.12. The van der Waals surface area contributed by atoms with Crippen LogP contribution in [0.5, 0.6) is 0 Å². The molecule has 0 saturated heterocycles. The second-order valence-corrected chi connectivity index (χ2v) is 2.71. The first-order chi connectivity index (χ1) is 5.29. The quantitative estimate of drug-likeness (QED) is 0.587. The van der Waals surface area contributed by atoms with Gasteiger partial charge in [-0.25, -0.2) is 0 Å². The Balaban J connectivity index is 2.92. The summed E-state index contributed by atoms with van der Waals surface area (Å²) in [7, 11) is 0. The number of aromatic amines is 1. The van der Waals surface area contributed by atoms with E-state index in [-0.39, 0.29) is 0 Å². The number of benzene rings is 1. The number of nitrogen functional groups attached to an aromatic ring is 1. The molecule has 0 aliphatic heterocycles. The Hall–Kier alpha value is -1.44. The van der Waals surface area contributed by atoms with Crippen molar-refractivity contribution in [2.24, 2.45) is 0 Å². The van der Waals surface area contributed by atoms with Crippen molar-refractivity contribution in [3.63, 3.8) is 0 Å². The first-order valence-electron chi connectivity index (χ1n) is 3.62. The van der Waals surface area contributed by atoms with E-state index in [1.54, 1.807) is 0 Å². The van der Waals surface area contributed by atoms with Crippen molar-refractivity contribution in [3.05, 3.63) is 30.0 Å². The van der Waals surface area contributed by atoms with Gasteiger partial charge in [0.05, 0.1) is 5.69 Å². The molecular weight excluding hydrogens is 136 g/mol. The molecule has 0 fully saturated rings. The summed E-state index contributed by atoms with van der Waals surface area (Å²) in [6.07, 6.45) is 0. The minimum atomic E-state index is 0.862. The van der Waals surface area contributed by atoms with E-state index >= 15 is 0 Å². The van der Waals surface area contributed by atoms with E-state index in [2.05, 4.69) is 4.98 Å². The van der Waals surface area contributed by atoms with Gasteiger partial charge in [-0.3, -0.25) is 0 Å². The zero-order chi connectivity index (χ0) is 7.84. The number of H-pyrrole nitrogens is 1. The van der Waals surface area contributed by atoms with Crippen LogP contribution in [0.4, 0.5) is 5.69 Å². The molecule has 0 unspecified atom stereocenters. The lowest BCUT2D eigenvalue weighted by Crippen LogP contribution is -1.83. The Morgan fingerprint density at radius 1 is 1.27 bits per heavy atom. The molecule has 1 aromatic carbocycles. The number of para-hydroxylation sites is 1. The molecule has 1 aromatic heterocycles. The number of aryl methyl sites for hydroxylation is 1. The minimum absolute atomic E-state index is 0.862. The molecule has 0 amide bonds. The highest BCUT2D eigenvalue weighted by atomic mass is 14.8. The Labute approximate surface area is 65.0 Å². The van der Waals surface area contributed by atoms with E-state index in [0.29, 0.717) is 0 Å². The van der Waals surface area contributed by atoms with Crippen LogP contribution in [0, 0.1) is 6.92 Å². The highest BCUT2D eigenvalue weighted by Crippen LogP contribution is 2.22. The number of hydrogen-bond donors (Lipinski definition) is 2. The third kappa shape index (κ3) is 0.792. The fourth-order valence-corrected chi connectivity index (χ4v) is 1.30. The average Bonchev–Trinajstić information content (AvgIpc) is 2.30. The molecule has 3 N–H and O–H groups in total. The highest BCUT2D eigenvalue weighted by Gasteiger charge is 2.01. The molecule has 56 valence electrons. The number of rotatable bonds is 0. The Morgan fingerprint density at radius 3 is 2.73 bits per heavy atom. The molecule has 1 heterocycles. The van der Waals surface area contributed by atoms with E-state index in [0.717, 1.165) is 22.3 Å². The summed E-state index contributed by atoms with van der Waals surface area (Å²) in [5.41, 5.74) is 8.83. The highest BCUT2D eigenvalue weighted by molar-refractivity contribution is 5.92. The van der Waals surface area contributed by atoms with Gasteiger partial charge >= 0.3 is 0 Å². The van der Waals surface area contributed by atoms with Crippen LogP contribution < -0.4 is 5.73 Å². The smallest absolute Gasteiger partial charge is 0.0602 e. The number of aromatic nitrogens is 1. The maximum Gasteiger partial charge on any atom is 0.0602 e. The number of nitrogens with one attached hydrogen (secondary N) is 1. The van der Waals surface area contributed by atoms with Gasteiger partial charge in [0.15, 0.2) is 0 Å². The fraction of sp³-hybridized carbons (Fsp3) is 0.111. The maximum atomic E-state index is 5.81. The van der Waals surface area contributed by atoms with Gasteiger partial charge in [0.2, 0.25) is 0 Å². The maximum absolute atomic E-state index is 5.81. The lowest BCUT2D eigenvalue weighted by Gasteiger charge is -1.88. The first-order valence-corrected chi connectivity index (χ1v) is 3.62. The van der Waals surface area contributed by atoms with Crippen molar-refractivity contribution >= 4 is 16.6 Å². The molecule has 0 radical (unpaired) electrons. The molecule has 11 heavy (non-hydrogen) atoms. The van der Waals surface area contributed by atoms with E-state index in [1.165, 1.54) is 0 Å². The lowest BCUT2D eigenvalue weighted by atomic mass is 10.2. The zero-order valence-electron chi connectivity index (χ0n) is 6.39. The largest absolute Gasteiger partial charge is 0.397 e. The molecule has 0 aliphatic carbocycles. The van der Waals surface area contributed by atoms with Crippen molar-refractivity contribution < 1.29 is 0 Å². The summed E-state index contributed by atoms with van der Waals surface area (Å²) < 4.78 is 0. The van der Waals surface area contributed by atoms with Crippen molar-refractivity contribution in [1.82, 2.24) is 4.98 Å². The van der Waals surface area contributed by atoms with Crippen LogP contribution in [0.2, 0.25) is 0 Å². The van der Waals surface area contributed by atoms with Crippen LogP contribution in [0.1, 0.15) is 5.69 Å². The SMILES string of the molecule is Cc1[nH]c2ccccc2c1N. The third-order valence-corrected chi connectivity index (χ3v) is 1.94. The summed E-state index contributed by atoms with van der Waals surface area (Å²) in [5.74, 6) is 0. The number of hydrogen-bond acceptors (Lipinski definition) is 1. The van der Waals surface area contributed by atoms with Crippen molar-refractivity contribution in [1.29, 1.82) is 0 Å². The Kier molecular flexibility index (Phi) is 1.15. The van der Waals surface area contributed by atoms with Gasteiger partial charge < -0.3 is 10.7 Å². The average molecular weight is 146 g/mol. The second-order valence-electron chi connectivity index (χ2n) is 2.71. The van der Waals surface area contributed by atoms with Crippen LogP contribution in [0.15, 0.2) is 24.3 Å². The first kappa shape index (κ1) is 6.28. The summed E-state index contributed by atoms with van der Waals surface area (Å²) >= 11 is 0. The number of nitrogens with two attached hydrogens (primary N) is 1. The van der Waals surface area contributed by atoms with E-state index < -0.39 is 0 Å². The number of anilines is 1. The van der Waals surface area contributed by atoms with Crippen LogP contribution in [-0.2, 0) is 0 Å². The molecule has 0 aliphatic rings. The summed E-state index contributed by atoms with van der Waals surface area (Å²) in [6.45, 7) is 1.98. The molecule has 2 heteroatoms. The predicted octanol–water partition coefficient (Wildman–Crippen LogP) is 2.06. The summed E-state index contributed by atoms with van der Waals surface area (Å²) in [4.78, 5) is 3.20. The normalized spacial score (nSPS) is 10.6. The van der Waals surface area contributed by atoms with Gasteiger partial charge in [-0.1, -0.05) is 18.2 Å². The van der Waals surface area contributed by atoms with Gasteiger partial charge in [-0.15, -0.1) is 0 Å². The predicted molar refractivity (Wildman–Crippen MR) is 47.4 cm³/mol. The topological polar surface area (TPSA) is 41.8 Å². The van der Waals surface area contributed by atoms with Crippen LogP contribution in [0.25, 0.3) is 10.9 Å². The lowest BCUT2D eigenvalue weighted by molar-refractivity contribution is 1.30. The van der Waals surface area contributed by atoms with E-state index in [4.69, 9.17) is 5.73 Å². The Morgan fingerprint density at radius 2 is 2.00 bits per heavy atom. The third-order valence-electron chi connectivity index (χ3n) is 1.94. The monoisotopic (exact) mass is 146 g/mol. The second kappa shape index (κ2) is 2.02. The van der Waals surface area contributed by atoms with Crippen molar-refractivity contribution in [2.75, 3.05) is 5.73 Å². The van der Waals surface area contributed by atoms with Gasteiger partial charge in [0, 0.05) is 16.6 Å². The van der Waals surface area contributed by atoms with Gasteiger partial charge in [-0.2, -0.15) is 0 Å².